The van der Waals surface area contributed by atoms with Gasteiger partial charge < -0.3 is 19.3 Å². The van der Waals surface area contributed by atoms with Gasteiger partial charge in [0.1, 0.15) is 19.0 Å². The fraction of sp³-hybridized carbons (Fsp3) is 0.455. The van der Waals surface area contributed by atoms with E-state index in [4.69, 9.17) is 19.3 Å². The average Bonchev–Trinajstić information content (AvgIpc) is 2.29. The highest BCUT2D eigenvalue weighted by Gasteiger charge is 2.17. The summed E-state index contributed by atoms with van der Waals surface area (Å²) >= 11 is 0. The lowest BCUT2D eigenvalue weighted by atomic mass is 10.1. The molecule has 1 aromatic carbocycles. The van der Waals surface area contributed by atoms with Gasteiger partial charge in [-0.25, -0.2) is 0 Å². The van der Waals surface area contributed by atoms with Gasteiger partial charge in [-0.1, -0.05) is 0 Å². The van der Waals surface area contributed by atoms with Gasteiger partial charge in [0.15, 0.2) is 11.5 Å². The number of aliphatic hydroxyl groups excluding tert-OH is 1. The molecule has 0 saturated carbocycles. The zero-order chi connectivity index (χ0) is 10.7. The van der Waals surface area contributed by atoms with Crippen LogP contribution in [0.1, 0.15) is 5.56 Å². The first-order chi connectivity index (χ1) is 7.35. The van der Waals surface area contributed by atoms with E-state index in [1.54, 1.807) is 13.2 Å². The Labute approximate surface area is 88.4 Å². The second kappa shape index (κ2) is 4.40. The molecule has 0 unspecified atom stereocenters. The Kier molecular flexibility index (Phi) is 2.97. The molecule has 0 bridgehead atoms. The first-order valence-corrected chi connectivity index (χ1v) is 4.92. The Morgan fingerprint density at radius 2 is 2.13 bits per heavy atom. The number of methoxy groups -OCH3 is 1. The summed E-state index contributed by atoms with van der Waals surface area (Å²) in [6.07, 6.45) is 0.545. The Morgan fingerprint density at radius 3 is 2.87 bits per heavy atom. The van der Waals surface area contributed by atoms with Crippen LogP contribution in [0.3, 0.4) is 0 Å². The molecule has 1 heterocycles. The number of rotatable bonds is 3. The Bertz CT molecular complexity index is 349. The quantitative estimate of drug-likeness (QED) is 0.808. The van der Waals surface area contributed by atoms with Gasteiger partial charge in [0, 0.05) is 18.2 Å². The van der Waals surface area contributed by atoms with E-state index in [2.05, 4.69) is 0 Å². The summed E-state index contributed by atoms with van der Waals surface area (Å²) in [6, 6.07) is 3.67. The summed E-state index contributed by atoms with van der Waals surface area (Å²) in [7, 11) is 1.61. The zero-order valence-electron chi connectivity index (χ0n) is 8.66. The van der Waals surface area contributed by atoms with Gasteiger partial charge in [0.25, 0.3) is 0 Å². The topological polar surface area (TPSA) is 47.9 Å². The SMILES string of the molecule is COc1cc(CCO)c2c(c1)OCCO2. The van der Waals surface area contributed by atoms with Crippen molar-refractivity contribution in [1.82, 2.24) is 0 Å². The molecule has 4 heteroatoms. The monoisotopic (exact) mass is 210 g/mol. The van der Waals surface area contributed by atoms with E-state index in [-0.39, 0.29) is 6.61 Å². The van der Waals surface area contributed by atoms with Crippen molar-refractivity contribution in [2.45, 2.75) is 6.42 Å². The number of ether oxygens (including phenoxy) is 3. The summed E-state index contributed by atoms with van der Waals surface area (Å²) in [4.78, 5) is 0. The maximum Gasteiger partial charge on any atom is 0.165 e. The van der Waals surface area contributed by atoms with E-state index in [0.717, 1.165) is 17.1 Å². The van der Waals surface area contributed by atoms with E-state index in [0.29, 0.717) is 25.4 Å². The van der Waals surface area contributed by atoms with Gasteiger partial charge in [-0.15, -0.1) is 0 Å². The standard InChI is InChI=1S/C11H14O4/c1-13-9-6-8(2-3-12)11-10(7-9)14-4-5-15-11/h6-7,12H,2-5H2,1H3. The lowest BCUT2D eigenvalue weighted by molar-refractivity contribution is 0.168. The molecule has 1 aromatic rings. The molecule has 1 aliphatic rings. The number of hydrogen-bond donors (Lipinski definition) is 1. The largest absolute Gasteiger partial charge is 0.497 e. The van der Waals surface area contributed by atoms with Crippen LogP contribution in [0.4, 0.5) is 0 Å². The molecule has 1 N–H and O–H groups in total. The Hall–Kier alpha value is -1.42. The van der Waals surface area contributed by atoms with Crippen LogP contribution in [0.25, 0.3) is 0 Å². The van der Waals surface area contributed by atoms with Crippen LogP contribution >= 0.6 is 0 Å². The summed E-state index contributed by atoms with van der Waals surface area (Å²) in [5.41, 5.74) is 0.923. The smallest absolute Gasteiger partial charge is 0.165 e. The molecule has 0 radical (unpaired) electrons. The van der Waals surface area contributed by atoms with Crippen LogP contribution in [-0.4, -0.2) is 32.0 Å². The zero-order valence-corrected chi connectivity index (χ0v) is 8.66. The third kappa shape index (κ3) is 1.99. The van der Waals surface area contributed by atoms with E-state index >= 15 is 0 Å². The molecule has 0 atom stereocenters. The number of fused-ring (bicyclic) bond motifs is 1. The van der Waals surface area contributed by atoms with Crippen LogP contribution < -0.4 is 14.2 Å². The first kappa shape index (κ1) is 10.1. The average molecular weight is 210 g/mol. The van der Waals surface area contributed by atoms with Crippen LogP contribution in [0.2, 0.25) is 0 Å². The normalized spacial score (nSPS) is 13.7. The van der Waals surface area contributed by atoms with Gasteiger partial charge in [0.05, 0.1) is 7.11 Å². The van der Waals surface area contributed by atoms with Gasteiger partial charge in [-0.05, 0) is 12.5 Å². The predicted molar refractivity (Wildman–Crippen MR) is 54.8 cm³/mol. The molecule has 2 rings (SSSR count). The highest BCUT2D eigenvalue weighted by Crippen LogP contribution is 2.37. The van der Waals surface area contributed by atoms with Crippen molar-refractivity contribution in [2.75, 3.05) is 26.9 Å². The molecule has 0 aromatic heterocycles. The van der Waals surface area contributed by atoms with E-state index < -0.39 is 0 Å². The van der Waals surface area contributed by atoms with Crippen molar-refractivity contribution in [2.24, 2.45) is 0 Å². The summed E-state index contributed by atoms with van der Waals surface area (Å²) < 4.78 is 16.1. The molecule has 0 amide bonds. The van der Waals surface area contributed by atoms with Crippen molar-refractivity contribution < 1.29 is 19.3 Å². The molecule has 0 spiro atoms. The molecule has 0 saturated heterocycles. The van der Waals surface area contributed by atoms with Crippen LogP contribution in [0, 0.1) is 0 Å². The molecule has 1 aliphatic heterocycles. The van der Waals surface area contributed by atoms with Crippen LogP contribution in [0.15, 0.2) is 12.1 Å². The minimum atomic E-state index is 0.0863. The van der Waals surface area contributed by atoms with Gasteiger partial charge in [-0.2, -0.15) is 0 Å². The van der Waals surface area contributed by atoms with E-state index in [9.17, 15) is 0 Å². The lowest BCUT2D eigenvalue weighted by Gasteiger charge is -2.21. The van der Waals surface area contributed by atoms with E-state index in [1.807, 2.05) is 6.07 Å². The van der Waals surface area contributed by atoms with Crippen LogP contribution in [-0.2, 0) is 6.42 Å². The van der Waals surface area contributed by atoms with E-state index in [1.165, 1.54) is 0 Å². The van der Waals surface area contributed by atoms with Crippen molar-refractivity contribution in [3.8, 4) is 17.2 Å². The third-order valence-corrected chi connectivity index (χ3v) is 2.31. The van der Waals surface area contributed by atoms with Crippen LogP contribution in [0.5, 0.6) is 17.2 Å². The number of hydrogen-bond acceptors (Lipinski definition) is 4. The van der Waals surface area contributed by atoms with Crippen molar-refractivity contribution in [3.63, 3.8) is 0 Å². The minimum Gasteiger partial charge on any atom is -0.497 e. The summed E-state index contributed by atoms with van der Waals surface area (Å²) in [5.74, 6) is 2.16. The molecular weight excluding hydrogens is 196 g/mol. The molecule has 4 nitrogen and oxygen atoms in total. The maximum absolute atomic E-state index is 8.95. The predicted octanol–water partition coefficient (Wildman–Crippen LogP) is 1.00. The second-order valence-corrected chi connectivity index (χ2v) is 3.28. The number of aliphatic hydroxyl groups is 1. The summed E-state index contributed by atoms with van der Waals surface area (Å²) in [5, 5.41) is 8.95. The molecule has 82 valence electrons. The highest BCUT2D eigenvalue weighted by atomic mass is 16.6. The fourth-order valence-corrected chi connectivity index (χ4v) is 1.62. The second-order valence-electron chi connectivity index (χ2n) is 3.28. The molecule has 0 aliphatic carbocycles. The van der Waals surface area contributed by atoms with Crippen molar-refractivity contribution >= 4 is 0 Å². The van der Waals surface area contributed by atoms with Gasteiger partial charge in [0.2, 0.25) is 0 Å². The summed E-state index contributed by atoms with van der Waals surface area (Å²) in [6.45, 7) is 1.19. The van der Waals surface area contributed by atoms with Gasteiger partial charge >= 0.3 is 0 Å². The first-order valence-electron chi connectivity index (χ1n) is 4.92. The highest BCUT2D eigenvalue weighted by molar-refractivity contribution is 5.52. The number of benzene rings is 1. The Morgan fingerprint density at radius 1 is 1.33 bits per heavy atom. The molecule has 15 heavy (non-hydrogen) atoms. The molecular formula is C11H14O4. The Balaban J connectivity index is 2.41. The van der Waals surface area contributed by atoms with Crippen molar-refractivity contribution in [3.05, 3.63) is 17.7 Å². The molecule has 0 fully saturated rings. The van der Waals surface area contributed by atoms with Gasteiger partial charge in [-0.3, -0.25) is 0 Å². The lowest BCUT2D eigenvalue weighted by Crippen LogP contribution is -2.17. The maximum atomic E-state index is 8.95. The third-order valence-electron chi connectivity index (χ3n) is 2.31. The fourth-order valence-electron chi connectivity index (χ4n) is 1.62. The van der Waals surface area contributed by atoms with Crippen molar-refractivity contribution in [1.29, 1.82) is 0 Å². The minimum absolute atomic E-state index is 0.0863.